The molecule has 21 heavy (non-hydrogen) atoms. The van der Waals surface area contributed by atoms with E-state index < -0.39 is 0 Å². The van der Waals surface area contributed by atoms with Gasteiger partial charge in [0.25, 0.3) is 0 Å². The van der Waals surface area contributed by atoms with Gasteiger partial charge in [-0.25, -0.2) is 4.98 Å². The fourth-order valence-electron chi connectivity index (χ4n) is 2.68. The largest absolute Gasteiger partial charge is 0.453 e. The number of benzene rings is 2. The molecule has 0 atom stereocenters. The third-order valence-electron chi connectivity index (χ3n) is 3.83. The van der Waals surface area contributed by atoms with Crippen molar-refractivity contribution in [1.29, 1.82) is 0 Å². The van der Waals surface area contributed by atoms with Crippen LogP contribution in [0.4, 0.5) is 0 Å². The summed E-state index contributed by atoms with van der Waals surface area (Å²) in [5, 5.41) is 1.09. The summed E-state index contributed by atoms with van der Waals surface area (Å²) in [5.74, 6) is 1.61. The van der Waals surface area contributed by atoms with E-state index in [4.69, 9.17) is 15.1 Å². The Bertz CT molecular complexity index is 916. The molecule has 0 radical (unpaired) electrons. The molecule has 4 nitrogen and oxygen atoms in total. The topological polar surface area (TPSA) is 57.0 Å². The first-order valence-corrected chi connectivity index (χ1v) is 6.90. The average Bonchev–Trinajstić information content (AvgIpc) is 3.08. The molecule has 4 aromatic rings. The molecule has 0 bridgehead atoms. The van der Waals surface area contributed by atoms with E-state index in [-0.39, 0.29) is 0 Å². The zero-order valence-corrected chi connectivity index (χ0v) is 11.7. The van der Waals surface area contributed by atoms with E-state index in [0.29, 0.717) is 6.54 Å². The zero-order valence-electron chi connectivity index (χ0n) is 11.7. The van der Waals surface area contributed by atoms with Crippen LogP contribution in [0.5, 0.6) is 0 Å². The first kappa shape index (κ1) is 12.2. The summed E-state index contributed by atoms with van der Waals surface area (Å²) >= 11 is 0. The van der Waals surface area contributed by atoms with Crippen LogP contribution >= 0.6 is 0 Å². The number of fused-ring (bicyclic) bond motifs is 2. The van der Waals surface area contributed by atoms with E-state index >= 15 is 0 Å². The number of aromatic nitrogens is 2. The summed E-state index contributed by atoms with van der Waals surface area (Å²) in [6.07, 6.45) is 0. The SMILES string of the molecule is Cn1c(-c2cc3ccccc3o2)nc2cc(CN)ccc21. The lowest BCUT2D eigenvalue weighted by atomic mass is 10.2. The highest BCUT2D eigenvalue weighted by Crippen LogP contribution is 2.29. The molecule has 0 saturated heterocycles. The molecular weight excluding hydrogens is 262 g/mol. The van der Waals surface area contributed by atoms with Crippen LogP contribution in [0.1, 0.15) is 5.56 Å². The molecule has 0 unspecified atom stereocenters. The van der Waals surface area contributed by atoms with Gasteiger partial charge in [-0.1, -0.05) is 24.3 Å². The first-order valence-electron chi connectivity index (χ1n) is 6.90. The van der Waals surface area contributed by atoms with Crippen molar-refractivity contribution in [1.82, 2.24) is 9.55 Å². The maximum absolute atomic E-state index is 5.91. The Morgan fingerprint density at radius 3 is 2.81 bits per heavy atom. The molecule has 2 N–H and O–H groups in total. The molecule has 0 fully saturated rings. The summed E-state index contributed by atoms with van der Waals surface area (Å²) in [4.78, 5) is 4.70. The van der Waals surface area contributed by atoms with Crippen LogP contribution in [-0.4, -0.2) is 9.55 Å². The van der Waals surface area contributed by atoms with Crippen LogP contribution in [0.25, 0.3) is 33.6 Å². The molecule has 0 aliphatic carbocycles. The van der Waals surface area contributed by atoms with Crippen molar-refractivity contribution in [3.63, 3.8) is 0 Å². The Kier molecular flexibility index (Phi) is 2.59. The predicted octanol–water partition coefficient (Wildman–Crippen LogP) is 3.45. The standard InChI is InChI=1S/C17H15N3O/c1-20-14-7-6-11(10-18)8-13(14)19-17(20)16-9-12-4-2-3-5-15(12)21-16/h2-9H,10,18H2,1H3. The van der Waals surface area contributed by atoms with E-state index in [9.17, 15) is 0 Å². The predicted molar refractivity (Wildman–Crippen MR) is 83.8 cm³/mol. The molecule has 0 spiro atoms. The van der Waals surface area contributed by atoms with Crippen LogP contribution in [-0.2, 0) is 13.6 Å². The van der Waals surface area contributed by atoms with Crippen LogP contribution in [0.2, 0.25) is 0 Å². The number of aryl methyl sites for hydroxylation is 1. The van der Waals surface area contributed by atoms with Crippen molar-refractivity contribution >= 4 is 22.0 Å². The highest BCUT2D eigenvalue weighted by Gasteiger charge is 2.14. The van der Waals surface area contributed by atoms with Gasteiger partial charge in [0.05, 0.1) is 11.0 Å². The third kappa shape index (κ3) is 1.84. The minimum Gasteiger partial charge on any atom is -0.453 e. The lowest BCUT2D eigenvalue weighted by Crippen LogP contribution is -1.95. The third-order valence-corrected chi connectivity index (χ3v) is 3.83. The molecule has 0 saturated carbocycles. The van der Waals surface area contributed by atoms with E-state index in [1.807, 2.05) is 54.1 Å². The van der Waals surface area contributed by atoms with Crippen LogP contribution in [0.3, 0.4) is 0 Å². The molecule has 2 aromatic heterocycles. The van der Waals surface area contributed by atoms with Gasteiger partial charge in [0.15, 0.2) is 11.6 Å². The molecular formula is C17H15N3O. The van der Waals surface area contributed by atoms with Gasteiger partial charge in [0.2, 0.25) is 0 Å². The highest BCUT2D eigenvalue weighted by atomic mass is 16.3. The molecule has 2 heterocycles. The Morgan fingerprint density at radius 1 is 1.14 bits per heavy atom. The van der Waals surface area contributed by atoms with Crippen LogP contribution in [0, 0.1) is 0 Å². The summed E-state index contributed by atoms with van der Waals surface area (Å²) in [6.45, 7) is 0.520. The van der Waals surface area contributed by atoms with Gasteiger partial charge in [-0.15, -0.1) is 0 Å². The number of imidazole rings is 1. The Morgan fingerprint density at radius 2 is 2.00 bits per heavy atom. The number of para-hydroxylation sites is 1. The molecule has 0 aliphatic heterocycles. The van der Waals surface area contributed by atoms with Gasteiger partial charge in [-0.2, -0.15) is 0 Å². The maximum atomic E-state index is 5.91. The number of nitrogens with zero attached hydrogens (tertiary/aromatic N) is 2. The van der Waals surface area contributed by atoms with Crippen molar-refractivity contribution in [2.45, 2.75) is 6.54 Å². The highest BCUT2D eigenvalue weighted by molar-refractivity contribution is 5.85. The number of furan rings is 1. The van der Waals surface area contributed by atoms with E-state index in [2.05, 4.69) is 6.07 Å². The summed E-state index contributed by atoms with van der Waals surface area (Å²) < 4.78 is 7.96. The summed E-state index contributed by atoms with van der Waals surface area (Å²) in [7, 11) is 2.00. The Labute approximate surface area is 121 Å². The van der Waals surface area contributed by atoms with Crippen molar-refractivity contribution in [3.8, 4) is 11.6 Å². The number of nitrogens with two attached hydrogens (primary N) is 1. The van der Waals surface area contributed by atoms with E-state index in [1.165, 1.54) is 0 Å². The van der Waals surface area contributed by atoms with Crippen molar-refractivity contribution < 1.29 is 4.42 Å². The molecule has 4 rings (SSSR count). The molecule has 2 aromatic carbocycles. The second kappa shape index (κ2) is 4.46. The minimum atomic E-state index is 0.520. The van der Waals surface area contributed by atoms with Crippen molar-refractivity contribution in [3.05, 3.63) is 54.1 Å². The average molecular weight is 277 g/mol. The number of hydrogen-bond donors (Lipinski definition) is 1. The summed E-state index contributed by atoms with van der Waals surface area (Å²) in [6, 6.07) is 16.1. The lowest BCUT2D eigenvalue weighted by Gasteiger charge is -1.99. The van der Waals surface area contributed by atoms with Gasteiger partial charge < -0.3 is 14.7 Å². The van der Waals surface area contributed by atoms with Crippen molar-refractivity contribution in [2.24, 2.45) is 12.8 Å². The van der Waals surface area contributed by atoms with E-state index in [1.54, 1.807) is 0 Å². The molecule has 0 aliphatic rings. The zero-order chi connectivity index (χ0) is 14.4. The second-order valence-corrected chi connectivity index (χ2v) is 5.17. The van der Waals surface area contributed by atoms with Crippen LogP contribution in [0.15, 0.2) is 52.9 Å². The molecule has 0 amide bonds. The maximum Gasteiger partial charge on any atom is 0.177 e. The quantitative estimate of drug-likeness (QED) is 0.610. The number of rotatable bonds is 2. The van der Waals surface area contributed by atoms with Crippen LogP contribution < -0.4 is 5.73 Å². The lowest BCUT2D eigenvalue weighted by molar-refractivity contribution is 0.621. The smallest absolute Gasteiger partial charge is 0.177 e. The fourth-order valence-corrected chi connectivity index (χ4v) is 2.68. The Balaban J connectivity index is 1.94. The fraction of sp³-hybridized carbons (Fsp3) is 0.118. The van der Waals surface area contributed by atoms with E-state index in [0.717, 1.165) is 39.2 Å². The number of hydrogen-bond acceptors (Lipinski definition) is 3. The monoisotopic (exact) mass is 277 g/mol. The van der Waals surface area contributed by atoms with Gasteiger partial charge >= 0.3 is 0 Å². The normalized spacial score (nSPS) is 11.5. The first-order chi connectivity index (χ1) is 10.3. The van der Waals surface area contributed by atoms with Crippen molar-refractivity contribution in [2.75, 3.05) is 0 Å². The van der Waals surface area contributed by atoms with Gasteiger partial charge in [0.1, 0.15) is 5.58 Å². The second-order valence-electron chi connectivity index (χ2n) is 5.17. The van der Waals surface area contributed by atoms with Gasteiger partial charge in [-0.3, -0.25) is 0 Å². The molecule has 104 valence electrons. The minimum absolute atomic E-state index is 0.520. The van der Waals surface area contributed by atoms with Gasteiger partial charge in [-0.05, 0) is 29.8 Å². The van der Waals surface area contributed by atoms with Gasteiger partial charge in [0, 0.05) is 19.0 Å². The molecule has 4 heteroatoms. The Hall–Kier alpha value is -2.59. The summed E-state index contributed by atoms with van der Waals surface area (Å²) in [5.41, 5.74) is 9.66.